The lowest BCUT2D eigenvalue weighted by atomic mass is 10.0. The van der Waals surface area contributed by atoms with E-state index in [1.165, 1.54) is 13.0 Å². The fraction of sp³-hybridized carbons (Fsp3) is 0.0526. The van der Waals surface area contributed by atoms with Gasteiger partial charge in [0.2, 0.25) is 5.91 Å². The number of nitrogens with one attached hydrogen (secondary N) is 2. The summed E-state index contributed by atoms with van der Waals surface area (Å²) in [4.78, 5) is 23.5. The molecule has 3 aromatic carbocycles. The van der Waals surface area contributed by atoms with E-state index in [1.807, 2.05) is 6.07 Å². The minimum Gasteiger partial charge on any atom is -0.506 e. The summed E-state index contributed by atoms with van der Waals surface area (Å²) in [5.41, 5.74) is 1.25. The zero-order chi connectivity index (χ0) is 18.0. The molecule has 126 valence electrons. The summed E-state index contributed by atoms with van der Waals surface area (Å²) in [7, 11) is 0. The van der Waals surface area contributed by atoms with E-state index in [9.17, 15) is 14.7 Å². The minimum atomic E-state index is -0.475. The predicted molar refractivity (Wildman–Crippen MR) is 99.3 cm³/mol. The third-order valence-electron chi connectivity index (χ3n) is 3.67. The lowest BCUT2D eigenvalue weighted by molar-refractivity contribution is -0.114. The molecule has 5 nitrogen and oxygen atoms in total. The number of benzene rings is 3. The largest absolute Gasteiger partial charge is 0.506 e. The number of phenols is 1. The molecular weight excluding hydrogens is 340 g/mol. The fourth-order valence-corrected chi connectivity index (χ4v) is 2.80. The molecule has 0 saturated heterocycles. The first-order valence-corrected chi connectivity index (χ1v) is 7.92. The molecular formula is C19H15ClN2O3. The van der Waals surface area contributed by atoms with E-state index < -0.39 is 5.91 Å². The SMILES string of the molecule is CC(=O)Nc1ccc(NC(=O)c2cc(Cl)c3ccccc3c2O)cc1. The summed E-state index contributed by atoms with van der Waals surface area (Å²) in [6.07, 6.45) is 0. The molecule has 0 heterocycles. The highest BCUT2D eigenvalue weighted by Gasteiger charge is 2.16. The number of halogens is 1. The zero-order valence-corrected chi connectivity index (χ0v) is 14.1. The van der Waals surface area contributed by atoms with E-state index in [0.717, 1.165) is 0 Å². The van der Waals surface area contributed by atoms with Crippen LogP contribution in [0.4, 0.5) is 11.4 Å². The second-order valence-corrected chi connectivity index (χ2v) is 5.92. The van der Waals surface area contributed by atoms with Crippen LogP contribution >= 0.6 is 11.6 Å². The molecule has 0 fully saturated rings. The molecule has 0 aliphatic heterocycles. The number of hydrogen-bond acceptors (Lipinski definition) is 3. The zero-order valence-electron chi connectivity index (χ0n) is 13.3. The van der Waals surface area contributed by atoms with Crippen LogP contribution in [0.1, 0.15) is 17.3 Å². The third kappa shape index (κ3) is 3.56. The molecule has 6 heteroatoms. The van der Waals surface area contributed by atoms with Gasteiger partial charge in [-0.3, -0.25) is 9.59 Å². The summed E-state index contributed by atoms with van der Waals surface area (Å²) in [6, 6.07) is 15.2. The fourth-order valence-electron chi connectivity index (χ4n) is 2.53. The van der Waals surface area contributed by atoms with E-state index in [0.29, 0.717) is 27.2 Å². The van der Waals surface area contributed by atoms with Gasteiger partial charge in [-0.25, -0.2) is 0 Å². The van der Waals surface area contributed by atoms with Gasteiger partial charge in [-0.1, -0.05) is 35.9 Å². The molecule has 0 bridgehead atoms. The monoisotopic (exact) mass is 354 g/mol. The molecule has 0 unspecified atom stereocenters. The first kappa shape index (κ1) is 16.8. The van der Waals surface area contributed by atoms with Crippen molar-refractivity contribution >= 4 is 45.6 Å². The molecule has 25 heavy (non-hydrogen) atoms. The Bertz CT molecular complexity index is 968. The van der Waals surface area contributed by atoms with Crippen LogP contribution in [0.5, 0.6) is 5.75 Å². The Kier molecular flexibility index (Phi) is 4.59. The number of aromatic hydroxyl groups is 1. The van der Waals surface area contributed by atoms with Crippen molar-refractivity contribution in [2.75, 3.05) is 10.6 Å². The Hall–Kier alpha value is -3.05. The summed E-state index contributed by atoms with van der Waals surface area (Å²) in [6.45, 7) is 1.42. The molecule has 3 N–H and O–H groups in total. The Morgan fingerprint density at radius 3 is 2.08 bits per heavy atom. The summed E-state index contributed by atoms with van der Waals surface area (Å²) in [5.74, 6) is -0.766. The lowest BCUT2D eigenvalue weighted by Gasteiger charge is -2.11. The maximum Gasteiger partial charge on any atom is 0.259 e. The van der Waals surface area contributed by atoms with Crippen molar-refractivity contribution in [3.05, 3.63) is 65.2 Å². The molecule has 0 aromatic heterocycles. The van der Waals surface area contributed by atoms with Crippen LogP contribution in [-0.2, 0) is 4.79 Å². The lowest BCUT2D eigenvalue weighted by Crippen LogP contribution is -2.12. The van der Waals surface area contributed by atoms with Crippen LogP contribution in [0.15, 0.2) is 54.6 Å². The van der Waals surface area contributed by atoms with Gasteiger partial charge in [-0.05, 0) is 30.3 Å². The van der Waals surface area contributed by atoms with Crippen LogP contribution in [-0.4, -0.2) is 16.9 Å². The molecule has 2 amide bonds. The average Bonchev–Trinajstić information content (AvgIpc) is 2.59. The second kappa shape index (κ2) is 6.83. The van der Waals surface area contributed by atoms with Crippen molar-refractivity contribution in [1.29, 1.82) is 0 Å². The van der Waals surface area contributed by atoms with Gasteiger partial charge in [0.1, 0.15) is 5.75 Å². The van der Waals surface area contributed by atoms with Gasteiger partial charge in [0.15, 0.2) is 0 Å². The van der Waals surface area contributed by atoms with Crippen LogP contribution in [0.25, 0.3) is 10.8 Å². The molecule has 0 aliphatic carbocycles. The van der Waals surface area contributed by atoms with E-state index >= 15 is 0 Å². The quantitative estimate of drug-likeness (QED) is 0.652. The summed E-state index contributed by atoms with van der Waals surface area (Å²) >= 11 is 6.22. The molecule has 3 rings (SSSR count). The number of hydrogen-bond donors (Lipinski definition) is 3. The number of anilines is 2. The van der Waals surface area contributed by atoms with Gasteiger partial charge >= 0.3 is 0 Å². The summed E-state index contributed by atoms with van der Waals surface area (Å²) in [5, 5.41) is 17.3. The Morgan fingerprint density at radius 1 is 0.920 bits per heavy atom. The van der Waals surface area contributed by atoms with Crippen LogP contribution in [0.2, 0.25) is 5.02 Å². The number of rotatable bonds is 3. The normalized spacial score (nSPS) is 10.5. The number of fused-ring (bicyclic) bond motifs is 1. The highest BCUT2D eigenvalue weighted by Crippen LogP contribution is 2.34. The van der Waals surface area contributed by atoms with Gasteiger partial charge in [0.25, 0.3) is 5.91 Å². The maximum atomic E-state index is 12.5. The number of phenolic OH excluding ortho intramolecular Hbond substituents is 1. The molecule has 0 radical (unpaired) electrons. The highest BCUT2D eigenvalue weighted by molar-refractivity contribution is 6.36. The summed E-state index contributed by atoms with van der Waals surface area (Å²) < 4.78 is 0. The van der Waals surface area contributed by atoms with E-state index in [-0.39, 0.29) is 17.2 Å². The molecule has 0 aliphatic rings. The van der Waals surface area contributed by atoms with Gasteiger partial charge in [0, 0.05) is 34.1 Å². The predicted octanol–water partition coefficient (Wildman–Crippen LogP) is 4.41. The van der Waals surface area contributed by atoms with E-state index in [1.54, 1.807) is 42.5 Å². The van der Waals surface area contributed by atoms with Gasteiger partial charge in [0.05, 0.1) is 5.56 Å². The van der Waals surface area contributed by atoms with Crippen molar-refractivity contribution in [3.8, 4) is 5.75 Å². The Morgan fingerprint density at radius 2 is 1.48 bits per heavy atom. The van der Waals surface area contributed by atoms with Crippen molar-refractivity contribution in [1.82, 2.24) is 0 Å². The minimum absolute atomic E-state index is 0.0923. The van der Waals surface area contributed by atoms with Crippen molar-refractivity contribution in [2.24, 2.45) is 0 Å². The first-order chi connectivity index (χ1) is 12.0. The van der Waals surface area contributed by atoms with Crippen LogP contribution in [0.3, 0.4) is 0 Å². The van der Waals surface area contributed by atoms with E-state index in [4.69, 9.17) is 11.6 Å². The number of carbonyl (C=O) groups is 2. The van der Waals surface area contributed by atoms with E-state index in [2.05, 4.69) is 10.6 Å². The van der Waals surface area contributed by atoms with Gasteiger partial charge in [-0.15, -0.1) is 0 Å². The first-order valence-electron chi connectivity index (χ1n) is 7.55. The van der Waals surface area contributed by atoms with Crippen LogP contribution < -0.4 is 10.6 Å². The third-order valence-corrected chi connectivity index (χ3v) is 3.99. The van der Waals surface area contributed by atoms with Gasteiger partial charge < -0.3 is 15.7 Å². The maximum absolute atomic E-state index is 12.5. The number of carbonyl (C=O) groups excluding carboxylic acids is 2. The Labute approximate surface area is 149 Å². The highest BCUT2D eigenvalue weighted by atomic mass is 35.5. The topological polar surface area (TPSA) is 78.4 Å². The smallest absolute Gasteiger partial charge is 0.259 e. The molecule has 0 spiro atoms. The van der Waals surface area contributed by atoms with Crippen molar-refractivity contribution < 1.29 is 14.7 Å². The second-order valence-electron chi connectivity index (χ2n) is 5.51. The molecule has 3 aromatic rings. The molecule has 0 atom stereocenters. The Balaban J connectivity index is 1.87. The average molecular weight is 355 g/mol. The number of amides is 2. The standard InChI is InChI=1S/C19H15ClN2O3/c1-11(23)21-12-6-8-13(9-7-12)22-19(25)16-10-17(20)14-4-2-3-5-15(14)18(16)24/h2-10,24H,1H3,(H,21,23)(H,22,25). The van der Waals surface area contributed by atoms with Crippen molar-refractivity contribution in [2.45, 2.75) is 6.92 Å². The van der Waals surface area contributed by atoms with Crippen LogP contribution in [0, 0.1) is 0 Å². The van der Waals surface area contributed by atoms with Gasteiger partial charge in [-0.2, -0.15) is 0 Å². The van der Waals surface area contributed by atoms with Crippen molar-refractivity contribution in [3.63, 3.8) is 0 Å². The molecule has 0 saturated carbocycles.